The summed E-state index contributed by atoms with van der Waals surface area (Å²) in [4.78, 5) is 9.84. The van der Waals surface area contributed by atoms with E-state index in [0.29, 0.717) is 0 Å². The number of fused-ring (bicyclic) bond motifs is 1. The third-order valence-electron chi connectivity index (χ3n) is 2.30. The molecule has 2 N–H and O–H groups in total. The van der Waals surface area contributed by atoms with E-state index in [1.54, 1.807) is 28.9 Å². The first-order valence-corrected chi connectivity index (χ1v) is 6.54. The number of thiophene rings is 1. The van der Waals surface area contributed by atoms with Crippen molar-refractivity contribution < 1.29 is 0 Å². The minimum absolute atomic E-state index is 0.806. The number of nitrogens with zero attached hydrogens (tertiary/aromatic N) is 2. The van der Waals surface area contributed by atoms with Crippen LogP contribution >= 0.6 is 22.7 Å². The molecule has 3 nitrogen and oxygen atoms in total. The van der Waals surface area contributed by atoms with Crippen LogP contribution in [0.4, 0.5) is 5.69 Å². The molecule has 0 fully saturated rings. The Kier molecular flexibility index (Phi) is 2.34. The number of rotatable bonds is 2. The molecule has 0 saturated heterocycles. The summed E-state index contributed by atoms with van der Waals surface area (Å²) in [6.45, 7) is 0. The van der Waals surface area contributed by atoms with E-state index in [1.807, 2.05) is 17.6 Å². The molecule has 3 rings (SSSR count). The van der Waals surface area contributed by atoms with E-state index in [1.165, 1.54) is 4.88 Å². The van der Waals surface area contributed by atoms with E-state index in [9.17, 15) is 0 Å². The van der Waals surface area contributed by atoms with Crippen LogP contribution in [0.5, 0.6) is 0 Å². The quantitative estimate of drug-likeness (QED) is 0.757. The smallest absolute Gasteiger partial charge is 0.0977 e. The molecular weight excluding hydrogens is 238 g/mol. The lowest BCUT2D eigenvalue weighted by Crippen LogP contribution is -1.83. The van der Waals surface area contributed by atoms with E-state index >= 15 is 0 Å². The zero-order valence-corrected chi connectivity index (χ0v) is 10.0. The molecule has 0 amide bonds. The maximum Gasteiger partial charge on any atom is 0.0977 e. The van der Waals surface area contributed by atoms with E-state index in [-0.39, 0.29) is 0 Å². The van der Waals surface area contributed by atoms with Gasteiger partial charge in [-0.3, -0.25) is 4.98 Å². The van der Waals surface area contributed by atoms with Crippen molar-refractivity contribution in [3.8, 4) is 0 Å². The molecule has 3 aromatic heterocycles. The van der Waals surface area contributed by atoms with Crippen LogP contribution in [0.3, 0.4) is 0 Å². The SMILES string of the molecule is Nc1ccnc2cc(Cc3nccs3)sc12. The highest BCUT2D eigenvalue weighted by atomic mass is 32.1. The Balaban J connectivity index is 2.02. The minimum atomic E-state index is 0.806. The Hall–Kier alpha value is -1.46. The van der Waals surface area contributed by atoms with E-state index in [4.69, 9.17) is 5.73 Å². The normalized spacial score (nSPS) is 11.0. The molecule has 0 aliphatic rings. The van der Waals surface area contributed by atoms with Crippen LogP contribution in [-0.4, -0.2) is 9.97 Å². The Labute approximate surface area is 101 Å². The number of thiazole rings is 1. The monoisotopic (exact) mass is 247 g/mol. The molecule has 0 aliphatic carbocycles. The standard InChI is InChI=1S/C11H9N3S2/c12-8-1-2-13-9-5-7(16-11(8)9)6-10-14-3-4-15-10/h1-5H,6H2,(H2,12,13). The molecule has 5 heteroatoms. The Bertz CT molecular complexity index is 613. The van der Waals surface area contributed by atoms with Gasteiger partial charge in [-0.2, -0.15) is 0 Å². The van der Waals surface area contributed by atoms with Gasteiger partial charge in [0.05, 0.1) is 20.9 Å². The lowest BCUT2D eigenvalue weighted by molar-refractivity contribution is 1.17. The van der Waals surface area contributed by atoms with Gasteiger partial charge < -0.3 is 5.73 Å². The summed E-state index contributed by atoms with van der Waals surface area (Å²) < 4.78 is 1.08. The zero-order valence-electron chi connectivity index (χ0n) is 8.38. The van der Waals surface area contributed by atoms with E-state index < -0.39 is 0 Å². The molecule has 0 spiro atoms. The average Bonchev–Trinajstić information content (AvgIpc) is 2.88. The zero-order chi connectivity index (χ0) is 11.0. The fraction of sp³-hybridized carbons (Fsp3) is 0.0909. The molecule has 0 aliphatic heterocycles. The Morgan fingerprint density at radius 1 is 1.25 bits per heavy atom. The fourth-order valence-corrected chi connectivity index (χ4v) is 3.36. The largest absolute Gasteiger partial charge is 0.397 e. The van der Waals surface area contributed by atoms with Crippen LogP contribution in [0, 0.1) is 0 Å². The van der Waals surface area contributed by atoms with Crippen molar-refractivity contribution in [1.29, 1.82) is 0 Å². The van der Waals surface area contributed by atoms with Gasteiger partial charge >= 0.3 is 0 Å². The molecular formula is C11H9N3S2. The molecule has 80 valence electrons. The van der Waals surface area contributed by atoms with Crippen molar-refractivity contribution in [1.82, 2.24) is 9.97 Å². The first kappa shape index (κ1) is 9.74. The lowest BCUT2D eigenvalue weighted by atomic mass is 10.3. The molecule has 3 aromatic rings. The van der Waals surface area contributed by atoms with Gasteiger partial charge in [0.2, 0.25) is 0 Å². The third-order valence-corrected chi connectivity index (χ3v) is 4.26. The third kappa shape index (κ3) is 1.68. The predicted molar refractivity (Wildman–Crippen MR) is 69.0 cm³/mol. The number of hydrogen-bond donors (Lipinski definition) is 1. The molecule has 0 atom stereocenters. The van der Waals surface area contributed by atoms with Crippen LogP contribution in [0.2, 0.25) is 0 Å². The molecule has 3 heterocycles. The maximum atomic E-state index is 5.90. The predicted octanol–water partition coefficient (Wildman–Crippen LogP) is 2.93. The summed E-state index contributed by atoms with van der Waals surface area (Å²) >= 11 is 3.38. The maximum absolute atomic E-state index is 5.90. The van der Waals surface area contributed by atoms with Crippen molar-refractivity contribution >= 4 is 38.6 Å². The molecule has 0 radical (unpaired) electrons. The molecule has 0 saturated carbocycles. The van der Waals surface area contributed by atoms with Gasteiger partial charge in [0.25, 0.3) is 0 Å². The van der Waals surface area contributed by atoms with Crippen LogP contribution in [0.15, 0.2) is 29.9 Å². The number of aromatic nitrogens is 2. The average molecular weight is 247 g/mol. The second-order valence-electron chi connectivity index (χ2n) is 3.43. The van der Waals surface area contributed by atoms with Crippen LogP contribution in [0.1, 0.15) is 9.88 Å². The molecule has 16 heavy (non-hydrogen) atoms. The second kappa shape index (κ2) is 3.84. The summed E-state index contributed by atoms with van der Waals surface area (Å²) in [5.74, 6) is 0. The van der Waals surface area contributed by atoms with Gasteiger partial charge in [-0.05, 0) is 12.1 Å². The first-order valence-electron chi connectivity index (χ1n) is 4.84. The highest BCUT2D eigenvalue weighted by Gasteiger charge is 2.07. The Morgan fingerprint density at radius 3 is 2.94 bits per heavy atom. The highest BCUT2D eigenvalue weighted by molar-refractivity contribution is 7.19. The second-order valence-corrected chi connectivity index (χ2v) is 5.55. The van der Waals surface area contributed by atoms with Crippen LogP contribution in [-0.2, 0) is 6.42 Å². The van der Waals surface area contributed by atoms with Crippen molar-refractivity contribution in [3.05, 3.63) is 39.8 Å². The summed E-state index contributed by atoms with van der Waals surface area (Å²) in [6.07, 6.45) is 4.45. The van der Waals surface area contributed by atoms with Gasteiger partial charge in [-0.25, -0.2) is 4.98 Å². The van der Waals surface area contributed by atoms with Crippen molar-refractivity contribution in [2.24, 2.45) is 0 Å². The van der Waals surface area contributed by atoms with Gasteiger partial charge in [0.1, 0.15) is 0 Å². The van der Waals surface area contributed by atoms with Crippen molar-refractivity contribution in [2.45, 2.75) is 6.42 Å². The summed E-state index contributed by atoms with van der Waals surface area (Å²) in [5, 5.41) is 3.13. The van der Waals surface area contributed by atoms with Crippen LogP contribution < -0.4 is 5.73 Å². The number of nitrogen functional groups attached to an aromatic ring is 1. The topological polar surface area (TPSA) is 51.8 Å². The van der Waals surface area contributed by atoms with Gasteiger partial charge in [-0.1, -0.05) is 0 Å². The number of nitrogens with two attached hydrogens (primary N) is 1. The number of hydrogen-bond acceptors (Lipinski definition) is 5. The van der Waals surface area contributed by atoms with Crippen molar-refractivity contribution in [3.63, 3.8) is 0 Å². The highest BCUT2D eigenvalue weighted by Crippen LogP contribution is 2.30. The van der Waals surface area contributed by atoms with Gasteiger partial charge in [-0.15, -0.1) is 22.7 Å². The number of anilines is 1. The molecule has 0 bridgehead atoms. The lowest BCUT2D eigenvalue weighted by Gasteiger charge is -1.91. The molecule has 0 aromatic carbocycles. The minimum Gasteiger partial charge on any atom is -0.397 e. The molecule has 0 unspecified atom stereocenters. The summed E-state index contributed by atoms with van der Waals surface area (Å²) in [6, 6.07) is 3.93. The van der Waals surface area contributed by atoms with Crippen molar-refractivity contribution in [2.75, 3.05) is 5.73 Å². The summed E-state index contributed by atoms with van der Waals surface area (Å²) in [7, 11) is 0. The number of pyridine rings is 1. The van der Waals surface area contributed by atoms with Gasteiger partial charge in [0.15, 0.2) is 0 Å². The Morgan fingerprint density at radius 2 is 2.19 bits per heavy atom. The fourth-order valence-electron chi connectivity index (χ4n) is 1.58. The summed E-state index contributed by atoms with van der Waals surface area (Å²) in [5.41, 5.74) is 7.69. The van der Waals surface area contributed by atoms with E-state index in [0.717, 1.165) is 27.3 Å². The van der Waals surface area contributed by atoms with Gasteiger partial charge in [0, 0.05) is 29.1 Å². The first-order chi connectivity index (χ1) is 7.83. The van der Waals surface area contributed by atoms with Crippen LogP contribution in [0.25, 0.3) is 10.2 Å². The van der Waals surface area contributed by atoms with E-state index in [2.05, 4.69) is 16.0 Å².